The summed E-state index contributed by atoms with van der Waals surface area (Å²) in [6.07, 6.45) is 73.4. The van der Waals surface area contributed by atoms with E-state index >= 15 is 0 Å². The third kappa shape index (κ3) is 61.2. The van der Waals surface area contributed by atoms with Crippen molar-refractivity contribution < 1.29 is 42.1 Å². The van der Waals surface area contributed by atoms with Crippen molar-refractivity contribution in [2.24, 2.45) is 0 Å². The highest BCUT2D eigenvalue weighted by Crippen LogP contribution is 2.43. The van der Waals surface area contributed by atoms with Crippen LogP contribution in [0.25, 0.3) is 0 Å². The molecule has 0 aromatic carbocycles. The first-order chi connectivity index (χ1) is 37.0. The van der Waals surface area contributed by atoms with Gasteiger partial charge in [-0.05, 0) is 77.0 Å². The van der Waals surface area contributed by atoms with E-state index < -0.39 is 26.5 Å². The number of phosphoric ester groups is 1. The summed E-state index contributed by atoms with van der Waals surface area (Å²) in [5.74, 6) is -0.786. The number of hydrogen-bond donors (Lipinski definition) is 1. The molecule has 446 valence electrons. The van der Waals surface area contributed by atoms with E-state index in [-0.39, 0.29) is 32.0 Å². The van der Waals surface area contributed by atoms with Gasteiger partial charge in [-0.2, -0.15) is 0 Å². The number of hydrogen-bond acceptors (Lipinski definition) is 7. The summed E-state index contributed by atoms with van der Waals surface area (Å²) in [6.45, 7) is 4.46. The largest absolute Gasteiger partial charge is 0.472 e. The van der Waals surface area contributed by atoms with Crippen molar-refractivity contribution >= 4 is 19.8 Å². The summed E-state index contributed by atoms with van der Waals surface area (Å²) in [7, 11) is 1.49. The summed E-state index contributed by atoms with van der Waals surface area (Å²) >= 11 is 0. The number of esters is 2. The van der Waals surface area contributed by atoms with Crippen molar-refractivity contribution in [3.8, 4) is 0 Å². The summed E-state index contributed by atoms with van der Waals surface area (Å²) < 4.78 is 34.7. The molecule has 0 fully saturated rings. The van der Waals surface area contributed by atoms with E-state index in [2.05, 4.69) is 62.5 Å². The number of rotatable bonds is 60. The fourth-order valence-corrected chi connectivity index (χ4v) is 10.1. The van der Waals surface area contributed by atoms with Crippen molar-refractivity contribution in [2.75, 3.05) is 47.5 Å². The minimum Gasteiger partial charge on any atom is -0.462 e. The number of likely N-dealkylation sites (N-methyl/N-ethyl adjacent to an activating group) is 1. The average Bonchev–Trinajstić information content (AvgIpc) is 3.38. The van der Waals surface area contributed by atoms with E-state index in [0.717, 1.165) is 44.9 Å². The highest BCUT2D eigenvalue weighted by atomic mass is 31.2. The van der Waals surface area contributed by atoms with Crippen LogP contribution in [0.3, 0.4) is 0 Å². The number of carbonyl (C=O) groups excluding carboxylic acids is 2. The first-order valence-electron chi connectivity index (χ1n) is 32.4. The number of carbonyl (C=O) groups is 2. The topological polar surface area (TPSA) is 108 Å². The number of phosphoric acid groups is 1. The molecule has 76 heavy (non-hydrogen) atoms. The molecule has 9 nitrogen and oxygen atoms in total. The fraction of sp³-hybridized carbons (Fsp3) is 0.848. The van der Waals surface area contributed by atoms with Crippen LogP contribution in [0.15, 0.2) is 48.6 Å². The molecule has 0 radical (unpaired) electrons. The Morgan fingerprint density at radius 3 is 1.04 bits per heavy atom. The zero-order valence-corrected chi connectivity index (χ0v) is 51.6. The van der Waals surface area contributed by atoms with Crippen molar-refractivity contribution in [3.63, 3.8) is 0 Å². The molecule has 0 bridgehead atoms. The van der Waals surface area contributed by atoms with Gasteiger partial charge in [0.25, 0.3) is 0 Å². The Labute approximate surface area is 471 Å². The molecule has 10 heteroatoms. The monoisotopic (exact) mass is 1090 g/mol. The first kappa shape index (κ1) is 74.0. The Morgan fingerprint density at radius 1 is 0.408 bits per heavy atom. The van der Waals surface area contributed by atoms with Gasteiger partial charge in [-0.1, -0.05) is 268 Å². The van der Waals surface area contributed by atoms with Gasteiger partial charge in [0.05, 0.1) is 27.7 Å². The number of nitrogens with zero attached hydrogens (tertiary/aromatic N) is 1. The van der Waals surface area contributed by atoms with Gasteiger partial charge in [0.1, 0.15) is 19.8 Å². The van der Waals surface area contributed by atoms with E-state index in [4.69, 9.17) is 18.5 Å². The minimum absolute atomic E-state index is 0.0322. The summed E-state index contributed by atoms with van der Waals surface area (Å²) in [5, 5.41) is 0. The molecule has 0 rings (SSSR count). The molecule has 2 unspecified atom stereocenters. The van der Waals surface area contributed by atoms with E-state index in [1.807, 2.05) is 21.1 Å². The Morgan fingerprint density at radius 2 is 0.711 bits per heavy atom. The zero-order valence-electron chi connectivity index (χ0n) is 50.8. The molecule has 0 spiro atoms. The molecule has 0 amide bonds. The van der Waals surface area contributed by atoms with E-state index in [1.165, 1.54) is 231 Å². The van der Waals surface area contributed by atoms with E-state index in [9.17, 15) is 19.0 Å². The number of quaternary nitrogens is 1. The van der Waals surface area contributed by atoms with Crippen LogP contribution in [0.2, 0.25) is 0 Å². The maximum absolute atomic E-state index is 12.9. The van der Waals surface area contributed by atoms with Crippen LogP contribution in [0.1, 0.15) is 309 Å². The highest BCUT2D eigenvalue weighted by Gasteiger charge is 2.27. The van der Waals surface area contributed by atoms with Gasteiger partial charge >= 0.3 is 19.8 Å². The second kappa shape index (κ2) is 57.6. The molecule has 0 saturated heterocycles. The van der Waals surface area contributed by atoms with Gasteiger partial charge in [-0.3, -0.25) is 18.6 Å². The fourth-order valence-electron chi connectivity index (χ4n) is 9.31. The molecule has 0 aliphatic heterocycles. The minimum atomic E-state index is -4.39. The maximum Gasteiger partial charge on any atom is 0.472 e. The highest BCUT2D eigenvalue weighted by molar-refractivity contribution is 7.47. The number of unbranched alkanes of at least 4 members (excludes halogenated alkanes) is 38. The average molecular weight is 1090 g/mol. The SMILES string of the molecule is CCCCCCC/C=C\C/C=C\CCCCCCCCCCCCCCCCCCCC(=O)OC(COC(=O)CCCCCCCCCCCCC/C=C\C/C=C\CCCCCCC)COP(=O)(O)OCC[N+](C)(C)C. The Bertz CT molecular complexity index is 1420. The lowest BCUT2D eigenvalue weighted by Gasteiger charge is -2.24. The van der Waals surface area contributed by atoms with Crippen molar-refractivity contribution in [1.29, 1.82) is 0 Å². The molecule has 0 saturated carbocycles. The van der Waals surface area contributed by atoms with Crippen LogP contribution < -0.4 is 0 Å². The third-order valence-electron chi connectivity index (χ3n) is 14.3. The molecule has 1 N–H and O–H groups in total. The van der Waals surface area contributed by atoms with Crippen LogP contribution >= 0.6 is 7.82 Å². The second-order valence-corrected chi connectivity index (χ2v) is 24.6. The van der Waals surface area contributed by atoms with Crippen molar-refractivity contribution in [2.45, 2.75) is 315 Å². The van der Waals surface area contributed by atoms with Gasteiger partial charge in [-0.25, -0.2) is 4.57 Å². The molecule has 0 aliphatic rings. The standard InChI is InChI=1S/C66H124NO8P/c1-6-8-10-12-14-16-18-20-22-24-26-28-30-31-32-33-34-35-37-39-41-43-45-47-49-51-53-55-57-59-66(69)75-64(63-74-76(70,71)73-61-60-67(3,4)5)62-72-65(68)58-56-54-52-50-48-46-44-42-40-38-36-29-27-25-23-21-19-17-15-13-11-9-7-2/h18-21,24-27,64H,6-17,22-23,28-63H2,1-5H3/p+1/b20-18-,21-19-,26-24-,27-25-. The summed E-state index contributed by atoms with van der Waals surface area (Å²) in [5.41, 5.74) is 0. The van der Waals surface area contributed by atoms with Crippen LogP contribution in [-0.2, 0) is 32.7 Å². The predicted molar refractivity (Wildman–Crippen MR) is 326 cm³/mol. The normalized spacial score (nSPS) is 13.5. The summed E-state index contributed by atoms with van der Waals surface area (Å²) in [6, 6.07) is 0. The van der Waals surface area contributed by atoms with Gasteiger partial charge in [0, 0.05) is 12.8 Å². The lowest BCUT2D eigenvalue weighted by molar-refractivity contribution is -0.870. The smallest absolute Gasteiger partial charge is 0.462 e. The molecular weight excluding hydrogens is 966 g/mol. The van der Waals surface area contributed by atoms with Gasteiger partial charge in [0.15, 0.2) is 6.10 Å². The van der Waals surface area contributed by atoms with E-state index in [0.29, 0.717) is 17.4 Å². The van der Waals surface area contributed by atoms with Gasteiger partial charge in [0.2, 0.25) is 0 Å². The first-order valence-corrected chi connectivity index (χ1v) is 33.9. The van der Waals surface area contributed by atoms with Crippen molar-refractivity contribution in [3.05, 3.63) is 48.6 Å². The number of allylic oxidation sites excluding steroid dienone is 8. The van der Waals surface area contributed by atoms with Crippen molar-refractivity contribution in [1.82, 2.24) is 0 Å². The lowest BCUT2D eigenvalue weighted by atomic mass is 10.0. The molecule has 2 atom stereocenters. The quantitative estimate of drug-likeness (QED) is 0.0211. The van der Waals surface area contributed by atoms with Crippen LogP contribution in [0.4, 0.5) is 0 Å². The molecule has 0 heterocycles. The van der Waals surface area contributed by atoms with Crippen LogP contribution in [0, 0.1) is 0 Å². The van der Waals surface area contributed by atoms with Gasteiger partial charge < -0.3 is 18.9 Å². The van der Waals surface area contributed by atoms with E-state index in [1.54, 1.807) is 0 Å². The molecule has 0 aromatic rings. The molecular formula is C66H125NO8P+. The summed E-state index contributed by atoms with van der Waals surface area (Å²) in [4.78, 5) is 35.8. The number of ether oxygens (including phenoxy) is 2. The molecule has 0 aromatic heterocycles. The van der Waals surface area contributed by atoms with Crippen LogP contribution in [-0.4, -0.2) is 74.9 Å². The second-order valence-electron chi connectivity index (χ2n) is 23.1. The predicted octanol–water partition coefficient (Wildman–Crippen LogP) is 20.5. The van der Waals surface area contributed by atoms with Gasteiger partial charge in [-0.15, -0.1) is 0 Å². The zero-order chi connectivity index (χ0) is 55.6. The maximum atomic E-state index is 12.9. The third-order valence-corrected chi connectivity index (χ3v) is 15.3. The Balaban J connectivity index is 4.07. The van der Waals surface area contributed by atoms with Crippen LogP contribution in [0.5, 0.6) is 0 Å². The lowest BCUT2D eigenvalue weighted by Crippen LogP contribution is -2.37. The Hall–Kier alpha value is -2.03. The Kier molecular flexibility index (Phi) is 56.1. The molecule has 0 aliphatic carbocycles.